The van der Waals surface area contributed by atoms with Crippen LogP contribution in [0.25, 0.3) is 0 Å². The lowest BCUT2D eigenvalue weighted by molar-refractivity contribution is 0.0903. The summed E-state index contributed by atoms with van der Waals surface area (Å²) in [7, 11) is 2.21. The normalized spacial score (nSPS) is 30.0. The summed E-state index contributed by atoms with van der Waals surface area (Å²) in [4.78, 5) is 5.00. The molecule has 3 fully saturated rings. The highest BCUT2D eigenvalue weighted by molar-refractivity contribution is 5.06. The number of likely N-dealkylation sites (N-methyl/N-ethyl adjacent to an activating group) is 1. The molecule has 1 atom stereocenters. The zero-order valence-corrected chi connectivity index (χ0v) is 12.3. The third-order valence-electron chi connectivity index (χ3n) is 5.03. The van der Waals surface area contributed by atoms with Crippen molar-refractivity contribution in [3.8, 4) is 0 Å². The van der Waals surface area contributed by atoms with Crippen LogP contribution in [0, 0.1) is 5.92 Å². The number of hydrogen-bond acceptors (Lipinski definition) is 4. The van der Waals surface area contributed by atoms with Crippen LogP contribution in [0.3, 0.4) is 0 Å². The Morgan fingerprint density at radius 1 is 1.11 bits per heavy atom. The van der Waals surface area contributed by atoms with E-state index in [1.54, 1.807) is 0 Å². The van der Waals surface area contributed by atoms with Gasteiger partial charge in [0.2, 0.25) is 0 Å². The molecule has 4 heteroatoms. The topological polar surface area (TPSA) is 38.7 Å². The number of aliphatic hydroxyl groups is 1. The predicted molar refractivity (Wildman–Crippen MR) is 77.3 cm³/mol. The smallest absolute Gasteiger partial charge is 0.0628 e. The Morgan fingerprint density at radius 3 is 2.53 bits per heavy atom. The maximum Gasteiger partial charge on any atom is 0.0628 e. The van der Waals surface area contributed by atoms with E-state index in [1.807, 2.05) is 0 Å². The van der Waals surface area contributed by atoms with Gasteiger partial charge >= 0.3 is 0 Å². The Morgan fingerprint density at radius 2 is 1.89 bits per heavy atom. The highest BCUT2D eigenvalue weighted by Gasteiger charge is 2.48. The van der Waals surface area contributed by atoms with Crippen LogP contribution in [-0.2, 0) is 0 Å². The van der Waals surface area contributed by atoms with Gasteiger partial charge < -0.3 is 20.2 Å². The second-order valence-corrected chi connectivity index (χ2v) is 6.94. The monoisotopic (exact) mass is 267 g/mol. The minimum absolute atomic E-state index is 0.00984. The van der Waals surface area contributed by atoms with Gasteiger partial charge in [0.05, 0.1) is 12.1 Å². The van der Waals surface area contributed by atoms with Crippen molar-refractivity contribution in [2.45, 2.75) is 43.7 Å². The molecule has 4 nitrogen and oxygen atoms in total. The lowest BCUT2D eigenvalue weighted by atomic mass is 9.92. The lowest BCUT2D eigenvalue weighted by Gasteiger charge is -2.38. The summed E-state index contributed by atoms with van der Waals surface area (Å²) in [5.74, 6) is 0.707. The first-order chi connectivity index (χ1) is 9.22. The van der Waals surface area contributed by atoms with Crippen molar-refractivity contribution in [2.75, 3.05) is 46.4 Å². The molecule has 0 aromatic rings. The van der Waals surface area contributed by atoms with Crippen LogP contribution in [0.5, 0.6) is 0 Å². The third-order valence-corrected chi connectivity index (χ3v) is 5.03. The summed E-state index contributed by atoms with van der Waals surface area (Å²) in [5.41, 5.74) is -0.00984. The number of hydrogen-bond donors (Lipinski definition) is 2. The molecule has 3 aliphatic rings. The van der Waals surface area contributed by atoms with Crippen LogP contribution in [-0.4, -0.2) is 72.9 Å². The lowest BCUT2D eigenvalue weighted by Crippen LogP contribution is -2.59. The molecule has 1 saturated heterocycles. The predicted octanol–water partition coefficient (Wildman–Crippen LogP) is 0.517. The van der Waals surface area contributed by atoms with Gasteiger partial charge in [0.25, 0.3) is 0 Å². The fraction of sp³-hybridized carbons (Fsp3) is 1.00. The van der Waals surface area contributed by atoms with Gasteiger partial charge in [0.1, 0.15) is 0 Å². The first-order valence-electron chi connectivity index (χ1n) is 8.01. The Hall–Kier alpha value is -0.160. The summed E-state index contributed by atoms with van der Waals surface area (Å²) in [5, 5.41) is 13.8. The summed E-state index contributed by atoms with van der Waals surface area (Å²) in [6, 6.07) is 0.683. The Bertz CT molecular complexity index is 304. The molecule has 110 valence electrons. The Labute approximate surface area is 117 Å². The molecular formula is C15H29N3O. The maximum absolute atomic E-state index is 10.0. The molecule has 3 rings (SSSR count). The van der Waals surface area contributed by atoms with Crippen LogP contribution >= 0.6 is 0 Å². The third kappa shape index (κ3) is 3.48. The van der Waals surface area contributed by atoms with Crippen molar-refractivity contribution < 1.29 is 5.11 Å². The van der Waals surface area contributed by atoms with Gasteiger partial charge in [-0.05, 0) is 58.2 Å². The van der Waals surface area contributed by atoms with Crippen LogP contribution < -0.4 is 5.32 Å². The quantitative estimate of drug-likeness (QED) is 0.736. The number of nitrogens with zero attached hydrogens (tertiary/aromatic N) is 2. The first kappa shape index (κ1) is 13.8. The van der Waals surface area contributed by atoms with E-state index in [0.717, 1.165) is 19.6 Å². The SMILES string of the molecule is CN1CCCN(CC(CO)(NC2CC2)C2CC2)CC1. The Kier molecular flexibility index (Phi) is 4.13. The van der Waals surface area contributed by atoms with E-state index < -0.39 is 0 Å². The van der Waals surface area contributed by atoms with E-state index >= 15 is 0 Å². The van der Waals surface area contributed by atoms with E-state index in [1.165, 1.54) is 45.2 Å². The largest absolute Gasteiger partial charge is 0.394 e. The molecule has 0 bridgehead atoms. The van der Waals surface area contributed by atoms with Crippen LogP contribution in [0.15, 0.2) is 0 Å². The minimum Gasteiger partial charge on any atom is -0.394 e. The molecule has 0 radical (unpaired) electrons. The zero-order valence-electron chi connectivity index (χ0n) is 12.3. The van der Waals surface area contributed by atoms with Crippen molar-refractivity contribution >= 4 is 0 Å². The second-order valence-electron chi connectivity index (χ2n) is 6.94. The van der Waals surface area contributed by atoms with Crippen molar-refractivity contribution in [3.63, 3.8) is 0 Å². The molecule has 0 spiro atoms. The van der Waals surface area contributed by atoms with Gasteiger partial charge in [-0.1, -0.05) is 0 Å². The molecular weight excluding hydrogens is 238 g/mol. The molecule has 2 aliphatic carbocycles. The van der Waals surface area contributed by atoms with Crippen LogP contribution in [0.1, 0.15) is 32.1 Å². The first-order valence-corrected chi connectivity index (χ1v) is 8.01. The van der Waals surface area contributed by atoms with Gasteiger partial charge in [-0.2, -0.15) is 0 Å². The standard InChI is InChI=1S/C15H29N3O/c1-17-7-2-8-18(10-9-17)11-15(12-19,13-3-4-13)16-14-5-6-14/h13-14,16,19H,2-12H2,1H3. The highest BCUT2D eigenvalue weighted by Crippen LogP contribution is 2.42. The fourth-order valence-corrected chi connectivity index (χ4v) is 3.44. The summed E-state index contributed by atoms with van der Waals surface area (Å²) in [6.07, 6.45) is 6.46. The minimum atomic E-state index is -0.00984. The summed E-state index contributed by atoms with van der Waals surface area (Å²) >= 11 is 0. The molecule has 1 aliphatic heterocycles. The molecule has 1 unspecified atom stereocenters. The van der Waals surface area contributed by atoms with Crippen LogP contribution in [0.4, 0.5) is 0 Å². The number of aliphatic hydroxyl groups excluding tert-OH is 1. The average Bonchev–Trinajstić information content (AvgIpc) is 3.26. The van der Waals surface area contributed by atoms with Crippen molar-refractivity contribution in [1.29, 1.82) is 0 Å². The fourth-order valence-electron chi connectivity index (χ4n) is 3.44. The second kappa shape index (κ2) is 5.68. The summed E-state index contributed by atoms with van der Waals surface area (Å²) < 4.78 is 0. The maximum atomic E-state index is 10.0. The van der Waals surface area contributed by atoms with E-state index in [9.17, 15) is 5.11 Å². The van der Waals surface area contributed by atoms with E-state index in [-0.39, 0.29) is 5.54 Å². The van der Waals surface area contributed by atoms with Gasteiger partial charge in [-0.3, -0.25) is 0 Å². The highest BCUT2D eigenvalue weighted by atomic mass is 16.3. The van der Waals surface area contributed by atoms with Gasteiger partial charge in [0, 0.05) is 25.7 Å². The molecule has 0 aromatic heterocycles. The van der Waals surface area contributed by atoms with Gasteiger partial charge in [0.15, 0.2) is 0 Å². The molecule has 1 heterocycles. The molecule has 19 heavy (non-hydrogen) atoms. The van der Waals surface area contributed by atoms with Gasteiger partial charge in [-0.25, -0.2) is 0 Å². The number of nitrogens with one attached hydrogen (secondary N) is 1. The summed E-state index contributed by atoms with van der Waals surface area (Å²) in [6.45, 7) is 6.05. The van der Waals surface area contributed by atoms with Gasteiger partial charge in [-0.15, -0.1) is 0 Å². The van der Waals surface area contributed by atoms with Crippen molar-refractivity contribution in [2.24, 2.45) is 5.92 Å². The zero-order chi connectivity index (χ0) is 13.3. The molecule has 0 amide bonds. The van der Waals surface area contributed by atoms with E-state index in [4.69, 9.17) is 0 Å². The molecule has 2 saturated carbocycles. The number of rotatable bonds is 6. The van der Waals surface area contributed by atoms with E-state index in [0.29, 0.717) is 18.6 Å². The Balaban J connectivity index is 1.62. The molecule has 2 N–H and O–H groups in total. The van der Waals surface area contributed by atoms with E-state index in [2.05, 4.69) is 22.2 Å². The van der Waals surface area contributed by atoms with Crippen LogP contribution in [0.2, 0.25) is 0 Å². The average molecular weight is 267 g/mol. The molecule has 0 aromatic carbocycles. The van der Waals surface area contributed by atoms with Crippen molar-refractivity contribution in [1.82, 2.24) is 15.1 Å². The van der Waals surface area contributed by atoms with Crippen molar-refractivity contribution in [3.05, 3.63) is 0 Å².